The molecule has 1 aromatic carbocycles. The Morgan fingerprint density at radius 1 is 1.03 bits per heavy atom. The normalized spacial score (nSPS) is 15.8. The molecule has 2 N–H and O–H groups in total. The molecule has 0 fully saturated rings. The molecule has 1 aliphatic rings. The molecule has 2 amide bonds. The summed E-state index contributed by atoms with van der Waals surface area (Å²) in [5.74, 6) is -0.236. The van der Waals surface area contributed by atoms with E-state index in [1.807, 2.05) is 18.2 Å². The molecule has 1 atom stereocenters. The Hall–Kier alpha value is -3.75. The number of hydrogen-bond acceptors (Lipinski definition) is 7. The lowest BCUT2D eigenvalue weighted by Crippen LogP contribution is -2.50. The highest BCUT2D eigenvalue weighted by Crippen LogP contribution is 2.17. The van der Waals surface area contributed by atoms with Crippen LogP contribution >= 0.6 is 0 Å². The van der Waals surface area contributed by atoms with E-state index in [-0.39, 0.29) is 36.9 Å². The van der Waals surface area contributed by atoms with Crippen molar-refractivity contribution in [1.82, 2.24) is 10.6 Å². The SMILES string of the molecule is CCOC(=O)C1=C(COC(=O)c2ccc(COc3ccccc3)o2)NC(=O)N[C@H]1C. The molecule has 1 aromatic heterocycles. The van der Waals surface area contributed by atoms with E-state index in [9.17, 15) is 14.4 Å². The number of ether oxygens (including phenoxy) is 3. The van der Waals surface area contributed by atoms with Gasteiger partial charge in [0.15, 0.2) is 0 Å². The highest BCUT2D eigenvalue weighted by atomic mass is 16.6. The number of carbonyl (C=O) groups is 3. The van der Waals surface area contributed by atoms with Gasteiger partial charge in [-0.15, -0.1) is 0 Å². The Morgan fingerprint density at radius 3 is 2.53 bits per heavy atom. The fraction of sp³-hybridized carbons (Fsp3) is 0.286. The molecule has 2 heterocycles. The summed E-state index contributed by atoms with van der Waals surface area (Å²) in [5, 5.41) is 5.05. The van der Waals surface area contributed by atoms with E-state index in [0.717, 1.165) is 0 Å². The van der Waals surface area contributed by atoms with Gasteiger partial charge in [0, 0.05) is 0 Å². The van der Waals surface area contributed by atoms with Gasteiger partial charge in [-0.3, -0.25) is 0 Å². The second kappa shape index (κ2) is 9.64. The van der Waals surface area contributed by atoms with Crippen molar-refractivity contribution in [3.63, 3.8) is 0 Å². The first-order valence-electron chi connectivity index (χ1n) is 9.39. The zero-order valence-corrected chi connectivity index (χ0v) is 16.6. The lowest BCUT2D eigenvalue weighted by molar-refractivity contribution is -0.139. The summed E-state index contributed by atoms with van der Waals surface area (Å²) in [4.78, 5) is 36.2. The van der Waals surface area contributed by atoms with E-state index in [1.54, 1.807) is 32.0 Å². The molecule has 2 aromatic rings. The van der Waals surface area contributed by atoms with Gasteiger partial charge in [0.25, 0.3) is 0 Å². The maximum atomic E-state index is 12.3. The number of benzene rings is 1. The van der Waals surface area contributed by atoms with Crippen molar-refractivity contribution in [1.29, 1.82) is 0 Å². The third kappa shape index (κ3) is 5.19. The number of esters is 2. The molecule has 0 spiro atoms. The molecule has 9 nitrogen and oxygen atoms in total. The Labute approximate surface area is 173 Å². The van der Waals surface area contributed by atoms with Gasteiger partial charge < -0.3 is 29.3 Å². The highest BCUT2D eigenvalue weighted by molar-refractivity contribution is 5.95. The Bertz CT molecular complexity index is 949. The van der Waals surface area contributed by atoms with Crippen LogP contribution in [0.4, 0.5) is 4.79 Å². The van der Waals surface area contributed by atoms with E-state index in [4.69, 9.17) is 18.6 Å². The van der Waals surface area contributed by atoms with Gasteiger partial charge in [0.1, 0.15) is 24.7 Å². The topological polar surface area (TPSA) is 116 Å². The van der Waals surface area contributed by atoms with Gasteiger partial charge in [-0.25, -0.2) is 14.4 Å². The summed E-state index contributed by atoms with van der Waals surface area (Å²) in [5.41, 5.74) is 0.359. The number of para-hydroxylation sites is 1. The van der Waals surface area contributed by atoms with Crippen molar-refractivity contribution < 1.29 is 33.0 Å². The molecular weight excluding hydrogens is 392 g/mol. The third-order valence-corrected chi connectivity index (χ3v) is 4.20. The smallest absolute Gasteiger partial charge is 0.374 e. The van der Waals surface area contributed by atoms with Crippen LogP contribution in [0, 0.1) is 0 Å². The maximum Gasteiger partial charge on any atom is 0.374 e. The average Bonchev–Trinajstić information content (AvgIpc) is 3.20. The van der Waals surface area contributed by atoms with Gasteiger partial charge in [0.05, 0.1) is 23.9 Å². The van der Waals surface area contributed by atoms with Crippen LogP contribution in [0.2, 0.25) is 0 Å². The van der Waals surface area contributed by atoms with Crippen LogP contribution in [0.5, 0.6) is 5.75 Å². The predicted molar refractivity (Wildman–Crippen MR) is 105 cm³/mol. The number of urea groups is 1. The lowest BCUT2D eigenvalue weighted by atomic mass is 10.0. The average molecular weight is 414 g/mol. The number of rotatable bonds is 8. The Balaban J connectivity index is 1.62. The highest BCUT2D eigenvalue weighted by Gasteiger charge is 2.30. The van der Waals surface area contributed by atoms with Crippen LogP contribution < -0.4 is 15.4 Å². The summed E-state index contributed by atoms with van der Waals surface area (Å²) < 4.78 is 21.3. The number of furan rings is 1. The van der Waals surface area contributed by atoms with Crippen molar-refractivity contribution >= 4 is 18.0 Å². The molecule has 3 rings (SSSR count). The first-order valence-corrected chi connectivity index (χ1v) is 9.39. The molecular formula is C21H22N2O7. The van der Waals surface area contributed by atoms with Crippen LogP contribution in [-0.4, -0.2) is 37.2 Å². The minimum Gasteiger partial charge on any atom is -0.486 e. The summed E-state index contributed by atoms with van der Waals surface area (Å²) in [7, 11) is 0. The van der Waals surface area contributed by atoms with Crippen molar-refractivity contribution in [3.8, 4) is 5.75 Å². The van der Waals surface area contributed by atoms with Crippen molar-refractivity contribution in [3.05, 3.63) is 65.3 Å². The summed E-state index contributed by atoms with van der Waals surface area (Å²) >= 11 is 0. The third-order valence-electron chi connectivity index (χ3n) is 4.20. The van der Waals surface area contributed by atoms with Crippen LogP contribution in [0.3, 0.4) is 0 Å². The van der Waals surface area contributed by atoms with Gasteiger partial charge in [-0.1, -0.05) is 18.2 Å². The maximum absolute atomic E-state index is 12.3. The van der Waals surface area contributed by atoms with Crippen LogP contribution in [0.25, 0.3) is 0 Å². The number of carbonyl (C=O) groups excluding carboxylic acids is 3. The van der Waals surface area contributed by atoms with Crippen molar-refractivity contribution in [2.24, 2.45) is 0 Å². The molecule has 30 heavy (non-hydrogen) atoms. The summed E-state index contributed by atoms with van der Waals surface area (Å²) in [6.07, 6.45) is 0. The van der Waals surface area contributed by atoms with Crippen molar-refractivity contribution in [2.75, 3.05) is 13.2 Å². The van der Waals surface area contributed by atoms with E-state index in [2.05, 4.69) is 10.6 Å². The van der Waals surface area contributed by atoms with Gasteiger partial charge >= 0.3 is 18.0 Å². The molecule has 0 saturated heterocycles. The summed E-state index contributed by atoms with van der Waals surface area (Å²) in [6, 6.07) is 11.2. The van der Waals surface area contributed by atoms with Crippen LogP contribution in [-0.2, 0) is 20.9 Å². The zero-order chi connectivity index (χ0) is 21.5. The van der Waals surface area contributed by atoms with Gasteiger partial charge in [-0.05, 0) is 38.1 Å². The molecule has 0 unspecified atom stereocenters. The van der Waals surface area contributed by atoms with Gasteiger partial charge in [0.2, 0.25) is 5.76 Å². The van der Waals surface area contributed by atoms with Crippen molar-refractivity contribution in [2.45, 2.75) is 26.5 Å². The molecule has 9 heteroatoms. The standard InChI is InChI=1S/C21H22N2O7/c1-3-27-20(25)18-13(2)22-21(26)23-16(18)12-29-19(24)17-10-9-15(30-17)11-28-14-7-5-4-6-8-14/h4-10,13H,3,11-12H2,1-2H3,(H2,22,23,26)/t13-/m0/s1. The lowest BCUT2D eigenvalue weighted by Gasteiger charge is -2.26. The number of amides is 2. The quantitative estimate of drug-likeness (QED) is 0.638. The molecule has 0 aliphatic carbocycles. The zero-order valence-electron chi connectivity index (χ0n) is 16.6. The molecule has 158 valence electrons. The monoisotopic (exact) mass is 414 g/mol. The second-order valence-electron chi connectivity index (χ2n) is 6.38. The van der Waals surface area contributed by atoms with E-state index in [0.29, 0.717) is 11.5 Å². The molecule has 0 saturated carbocycles. The fourth-order valence-electron chi connectivity index (χ4n) is 2.84. The second-order valence-corrected chi connectivity index (χ2v) is 6.38. The first-order chi connectivity index (χ1) is 14.5. The van der Waals surface area contributed by atoms with E-state index < -0.39 is 24.0 Å². The molecule has 0 radical (unpaired) electrons. The molecule has 0 bridgehead atoms. The Kier molecular flexibility index (Phi) is 6.74. The summed E-state index contributed by atoms with van der Waals surface area (Å²) in [6.45, 7) is 3.32. The predicted octanol–water partition coefficient (Wildman–Crippen LogP) is 2.53. The minimum absolute atomic E-state index is 0.0201. The number of hydrogen-bond donors (Lipinski definition) is 2. The largest absolute Gasteiger partial charge is 0.486 e. The van der Waals surface area contributed by atoms with E-state index in [1.165, 1.54) is 6.07 Å². The van der Waals surface area contributed by atoms with Gasteiger partial charge in [-0.2, -0.15) is 0 Å². The minimum atomic E-state index is -0.739. The van der Waals surface area contributed by atoms with Crippen LogP contribution in [0.15, 0.2) is 58.2 Å². The Morgan fingerprint density at radius 2 is 1.80 bits per heavy atom. The fourth-order valence-corrected chi connectivity index (χ4v) is 2.84. The van der Waals surface area contributed by atoms with E-state index >= 15 is 0 Å². The van der Waals surface area contributed by atoms with Crippen LogP contribution in [0.1, 0.15) is 30.2 Å². The first kappa shape index (κ1) is 21.0. The number of nitrogens with one attached hydrogen (secondary N) is 2. The molecule has 1 aliphatic heterocycles.